The highest BCUT2D eigenvalue weighted by molar-refractivity contribution is 5.74. The number of nitrogens with two attached hydrogens (primary N) is 1. The smallest absolute Gasteiger partial charge is 0.133 e. The minimum Gasteiger partial charge on any atom is -0.383 e. The number of piperidine rings is 1. The fraction of sp³-hybridized carbons (Fsp3) is 0.300. The Morgan fingerprint density at radius 3 is 2.60 bits per heavy atom. The lowest BCUT2D eigenvalue weighted by Gasteiger charge is -2.23. The van der Waals surface area contributed by atoms with Gasteiger partial charge in [0.2, 0.25) is 0 Å². The molecule has 1 aliphatic heterocycles. The van der Waals surface area contributed by atoms with Gasteiger partial charge in [-0.15, -0.1) is 0 Å². The van der Waals surface area contributed by atoms with Crippen LogP contribution in [0.5, 0.6) is 0 Å². The van der Waals surface area contributed by atoms with Crippen molar-refractivity contribution in [3.05, 3.63) is 53.7 Å². The van der Waals surface area contributed by atoms with Crippen molar-refractivity contribution >= 4 is 5.82 Å². The van der Waals surface area contributed by atoms with Crippen molar-refractivity contribution < 1.29 is 0 Å². The van der Waals surface area contributed by atoms with Gasteiger partial charge in [0.25, 0.3) is 0 Å². The molecule has 4 N–H and O–H groups in total. The average Bonchev–Trinajstić information content (AvgIpc) is 3.08. The maximum absolute atomic E-state index is 6.21. The molecule has 0 unspecified atom stereocenters. The van der Waals surface area contributed by atoms with Crippen molar-refractivity contribution in [3.8, 4) is 22.5 Å². The highest BCUT2D eigenvalue weighted by atomic mass is 15.1. The van der Waals surface area contributed by atoms with Crippen LogP contribution in [0.2, 0.25) is 0 Å². The number of anilines is 1. The Morgan fingerprint density at radius 2 is 1.88 bits per heavy atom. The van der Waals surface area contributed by atoms with Crippen molar-refractivity contribution in [1.82, 2.24) is 20.5 Å². The molecule has 0 spiro atoms. The maximum Gasteiger partial charge on any atom is 0.133 e. The highest BCUT2D eigenvalue weighted by Crippen LogP contribution is 2.30. The standard InChI is InChI=1S/C20H23N5/c1-13-11-19(25-24-13)17-5-6-18(23-20(17)21)16-4-2-3-15(12-16)14-7-9-22-10-8-14/h2-6,11-12,14,22H,7-10H2,1H3,(H2,21,23)(H,24,25). The Hall–Kier alpha value is -2.66. The van der Waals surface area contributed by atoms with Crippen molar-refractivity contribution in [1.29, 1.82) is 0 Å². The predicted molar refractivity (Wildman–Crippen MR) is 101 cm³/mol. The number of nitrogen functional groups attached to an aromatic ring is 1. The van der Waals surface area contributed by atoms with Gasteiger partial charge < -0.3 is 11.1 Å². The molecular formula is C20H23N5. The third-order valence-corrected chi connectivity index (χ3v) is 4.90. The van der Waals surface area contributed by atoms with E-state index < -0.39 is 0 Å². The lowest BCUT2D eigenvalue weighted by atomic mass is 9.89. The van der Waals surface area contributed by atoms with Crippen LogP contribution in [0.15, 0.2) is 42.5 Å². The van der Waals surface area contributed by atoms with Gasteiger partial charge in [-0.25, -0.2) is 4.98 Å². The average molecular weight is 333 g/mol. The first kappa shape index (κ1) is 15.8. The van der Waals surface area contributed by atoms with Crippen LogP contribution in [0, 0.1) is 6.92 Å². The first-order valence-electron chi connectivity index (χ1n) is 8.80. The van der Waals surface area contributed by atoms with E-state index in [4.69, 9.17) is 5.73 Å². The molecule has 25 heavy (non-hydrogen) atoms. The van der Waals surface area contributed by atoms with Crippen LogP contribution in [0.1, 0.15) is 30.0 Å². The molecule has 4 rings (SSSR count). The zero-order chi connectivity index (χ0) is 17.2. The number of rotatable bonds is 3. The second kappa shape index (κ2) is 6.69. The normalized spacial score (nSPS) is 15.4. The zero-order valence-corrected chi connectivity index (χ0v) is 14.4. The number of pyridine rings is 1. The van der Waals surface area contributed by atoms with Gasteiger partial charge in [-0.3, -0.25) is 5.10 Å². The molecule has 0 radical (unpaired) electrons. The number of H-pyrrole nitrogens is 1. The van der Waals surface area contributed by atoms with Gasteiger partial charge in [-0.05, 0) is 68.6 Å². The van der Waals surface area contributed by atoms with Gasteiger partial charge in [0.15, 0.2) is 0 Å². The largest absolute Gasteiger partial charge is 0.383 e. The van der Waals surface area contributed by atoms with Gasteiger partial charge in [-0.2, -0.15) is 5.10 Å². The Bertz CT molecular complexity index is 877. The summed E-state index contributed by atoms with van der Waals surface area (Å²) in [5.74, 6) is 1.14. The summed E-state index contributed by atoms with van der Waals surface area (Å²) < 4.78 is 0. The van der Waals surface area contributed by atoms with Gasteiger partial charge in [0.05, 0.1) is 11.4 Å². The summed E-state index contributed by atoms with van der Waals surface area (Å²) >= 11 is 0. The fourth-order valence-corrected chi connectivity index (χ4v) is 3.52. The topological polar surface area (TPSA) is 79.6 Å². The molecule has 1 aromatic carbocycles. The maximum atomic E-state index is 6.21. The Kier molecular flexibility index (Phi) is 4.24. The molecule has 128 valence electrons. The van der Waals surface area contributed by atoms with E-state index in [1.165, 1.54) is 18.4 Å². The van der Waals surface area contributed by atoms with E-state index in [2.05, 4.69) is 44.8 Å². The fourth-order valence-electron chi connectivity index (χ4n) is 3.52. The molecule has 1 aliphatic rings. The number of nitrogens with one attached hydrogen (secondary N) is 2. The molecule has 1 saturated heterocycles. The van der Waals surface area contributed by atoms with E-state index in [-0.39, 0.29) is 0 Å². The number of aryl methyl sites for hydroxylation is 1. The highest BCUT2D eigenvalue weighted by Gasteiger charge is 2.16. The van der Waals surface area contributed by atoms with Crippen LogP contribution in [0.25, 0.3) is 22.5 Å². The summed E-state index contributed by atoms with van der Waals surface area (Å²) in [6.07, 6.45) is 2.38. The minimum absolute atomic E-state index is 0.510. The monoisotopic (exact) mass is 333 g/mol. The van der Waals surface area contributed by atoms with E-state index >= 15 is 0 Å². The SMILES string of the molecule is Cc1cc(-c2ccc(-c3cccc(C4CCNCC4)c3)nc2N)n[nH]1. The molecular weight excluding hydrogens is 310 g/mol. The van der Waals surface area contributed by atoms with E-state index in [0.717, 1.165) is 41.3 Å². The first-order chi connectivity index (χ1) is 12.2. The van der Waals surface area contributed by atoms with Crippen molar-refractivity contribution in [3.63, 3.8) is 0 Å². The number of aromatic amines is 1. The summed E-state index contributed by atoms with van der Waals surface area (Å²) in [5, 5.41) is 10.6. The molecule has 0 saturated carbocycles. The lowest BCUT2D eigenvalue weighted by Crippen LogP contribution is -2.26. The molecule has 0 amide bonds. The molecule has 2 aromatic heterocycles. The first-order valence-corrected chi connectivity index (χ1v) is 8.80. The molecule has 5 nitrogen and oxygen atoms in total. The van der Waals surface area contributed by atoms with Crippen molar-refractivity contribution in [2.45, 2.75) is 25.7 Å². The third-order valence-electron chi connectivity index (χ3n) is 4.90. The summed E-state index contributed by atoms with van der Waals surface area (Å²) in [6, 6.07) is 14.7. The Morgan fingerprint density at radius 1 is 1.04 bits per heavy atom. The Labute approximate surface area is 147 Å². The van der Waals surface area contributed by atoms with Crippen molar-refractivity contribution in [2.24, 2.45) is 0 Å². The van der Waals surface area contributed by atoms with Gasteiger partial charge in [0, 0.05) is 16.8 Å². The molecule has 1 fully saturated rings. The quantitative estimate of drug-likeness (QED) is 0.685. The number of aromatic nitrogens is 3. The molecule has 3 aromatic rings. The van der Waals surface area contributed by atoms with Crippen molar-refractivity contribution in [2.75, 3.05) is 18.8 Å². The molecule has 3 heterocycles. The minimum atomic E-state index is 0.510. The van der Waals surface area contributed by atoms with Crippen LogP contribution in [-0.2, 0) is 0 Å². The number of nitrogens with zero attached hydrogens (tertiary/aromatic N) is 2. The van der Waals surface area contributed by atoms with E-state index in [9.17, 15) is 0 Å². The zero-order valence-electron chi connectivity index (χ0n) is 14.4. The van der Waals surface area contributed by atoms with Crippen LogP contribution < -0.4 is 11.1 Å². The van der Waals surface area contributed by atoms with Gasteiger partial charge in [0.1, 0.15) is 5.82 Å². The molecule has 0 atom stereocenters. The van der Waals surface area contributed by atoms with E-state index in [0.29, 0.717) is 11.7 Å². The summed E-state index contributed by atoms with van der Waals surface area (Å²) in [6.45, 7) is 4.16. The third kappa shape index (κ3) is 3.28. The second-order valence-electron chi connectivity index (χ2n) is 6.72. The summed E-state index contributed by atoms with van der Waals surface area (Å²) in [4.78, 5) is 4.63. The van der Waals surface area contributed by atoms with Crippen LogP contribution in [0.3, 0.4) is 0 Å². The number of benzene rings is 1. The lowest BCUT2D eigenvalue weighted by molar-refractivity contribution is 0.460. The molecule has 0 aliphatic carbocycles. The van der Waals surface area contributed by atoms with E-state index in [1.54, 1.807) is 0 Å². The second-order valence-corrected chi connectivity index (χ2v) is 6.72. The predicted octanol–water partition coefficient (Wildman–Crippen LogP) is 3.50. The van der Waals surface area contributed by atoms with Crippen LogP contribution in [-0.4, -0.2) is 28.3 Å². The van der Waals surface area contributed by atoms with Gasteiger partial charge >= 0.3 is 0 Å². The Balaban J connectivity index is 1.64. The van der Waals surface area contributed by atoms with Crippen LogP contribution >= 0.6 is 0 Å². The number of hydrogen-bond donors (Lipinski definition) is 3. The van der Waals surface area contributed by atoms with Gasteiger partial charge in [-0.1, -0.05) is 18.2 Å². The van der Waals surface area contributed by atoms with E-state index in [1.807, 2.05) is 25.1 Å². The number of hydrogen-bond acceptors (Lipinski definition) is 4. The van der Waals surface area contributed by atoms with Crippen LogP contribution in [0.4, 0.5) is 5.82 Å². The summed E-state index contributed by atoms with van der Waals surface area (Å²) in [7, 11) is 0. The molecule has 5 heteroatoms. The summed E-state index contributed by atoms with van der Waals surface area (Å²) in [5.41, 5.74) is 12.3. The molecule has 0 bridgehead atoms.